The van der Waals surface area contributed by atoms with Gasteiger partial charge in [-0.1, -0.05) is 34.1 Å². The molecule has 1 unspecified atom stereocenters. The molecule has 0 aliphatic rings. The lowest BCUT2D eigenvalue weighted by molar-refractivity contribution is 0.368. The second kappa shape index (κ2) is 7.70. The molecule has 4 heteroatoms. The zero-order valence-corrected chi connectivity index (χ0v) is 13.4. The third-order valence-electron chi connectivity index (χ3n) is 3.01. The third kappa shape index (κ3) is 5.13. The monoisotopic (exact) mass is 344 g/mol. The fraction of sp³-hybridized carbons (Fsp3) is 0.235. The molecule has 0 saturated heterocycles. The Morgan fingerprint density at radius 2 is 2.00 bits per heavy atom. The van der Waals surface area contributed by atoms with Crippen molar-refractivity contribution in [2.75, 3.05) is 11.9 Å². The first-order valence-corrected chi connectivity index (χ1v) is 7.57. The van der Waals surface area contributed by atoms with E-state index in [1.807, 2.05) is 30.3 Å². The van der Waals surface area contributed by atoms with Gasteiger partial charge >= 0.3 is 0 Å². The average molecular weight is 345 g/mol. The number of rotatable bonds is 6. The predicted molar refractivity (Wildman–Crippen MR) is 88.5 cm³/mol. The van der Waals surface area contributed by atoms with E-state index in [1.165, 1.54) is 5.56 Å². The lowest BCUT2D eigenvalue weighted by Crippen LogP contribution is -2.18. The minimum absolute atomic E-state index is 0.0674. The summed E-state index contributed by atoms with van der Waals surface area (Å²) in [5.41, 5.74) is 2.28. The smallest absolute Gasteiger partial charge is 0.174 e. The van der Waals surface area contributed by atoms with Gasteiger partial charge in [0.05, 0.1) is 0 Å². The summed E-state index contributed by atoms with van der Waals surface area (Å²) in [4.78, 5) is 0. The Kier molecular flexibility index (Phi) is 5.65. The molecule has 0 amide bonds. The van der Waals surface area contributed by atoms with Crippen LogP contribution in [0.1, 0.15) is 12.5 Å². The van der Waals surface area contributed by atoms with Crippen LogP contribution >= 0.6 is 15.9 Å². The minimum atomic E-state index is 0.0674. The van der Waals surface area contributed by atoms with Gasteiger partial charge in [-0.2, -0.15) is 5.26 Å². The van der Waals surface area contributed by atoms with Gasteiger partial charge < -0.3 is 10.1 Å². The normalized spacial score (nSPS) is 11.5. The molecule has 2 aromatic rings. The molecule has 0 heterocycles. The number of nitrogens with one attached hydrogen (secondary N) is 1. The van der Waals surface area contributed by atoms with Crippen molar-refractivity contribution >= 4 is 21.6 Å². The van der Waals surface area contributed by atoms with Crippen LogP contribution in [0.3, 0.4) is 0 Å². The number of ether oxygens (including phenoxy) is 1. The summed E-state index contributed by atoms with van der Waals surface area (Å²) in [5.74, 6) is 0.706. The van der Waals surface area contributed by atoms with Crippen LogP contribution in [0.5, 0.6) is 5.75 Å². The molecule has 3 nitrogen and oxygen atoms in total. The Bertz CT molecular complexity index is 619. The van der Waals surface area contributed by atoms with Gasteiger partial charge in [-0.3, -0.25) is 0 Å². The highest BCUT2D eigenvalue weighted by molar-refractivity contribution is 9.10. The Morgan fingerprint density at radius 1 is 1.24 bits per heavy atom. The third-order valence-corrected chi connectivity index (χ3v) is 3.53. The molecule has 0 aliphatic heterocycles. The van der Waals surface area contributed by atoms with Crippen LogP contribution in [0, 0.1) is 11.3 Å². The highest BCUT2D eigenvalue weighted by Gasteiger charge is 2.05. The predicted octanol–water partition coefficient (Wildman–Crippen LogP) is 4.39. The van der Waals surface area contributed by atoms with Crippen molar-refractivity contribution in [2.24, 2.45) is 0 Å². The highest BCUT2D eigenvalue weighted by atomic mass is 79.9. The van der Waals surface area contributed by atoms with Crippen molar-refractivity contribution in [3.63, 3.8) is 0 Å². The number of anilines is 1. The molecule has 1 atom stereocenters. The van der Waals surface area contributed by atoms with Crippen molar-refractivity contribution in [1.29, 1.82) is 5.26 Å². The maximum absolute atomic E-state index is 8.53. The molecule has 0 aromatic heterocycles. The lowest BCUT2D eigenvalue weighted by Gasteiger charge is -2.16. The Hall–Kier alpha value is -1.99. The molecule has 0 spiro atoms. The van der Waals surface area contributed by atoms with Gasteiger partial charge in [0.15, 0.2) is 6.61 Å². The van der Waals surface area contributed by atoms with Crippen molar-refractivity contribution in [3.8, 4) is 11.8 Å². The second-order valence-corrected chi connectivity index (χ2v) is 5.77. The van der Waals surface area contributed by atoms with E-state index < -0.39 is 0 Å². The molecule has 108 valence electrons. The Labute approximate surface area is 133 Å². The van der Waals surface area contributed by atoms with E-state index >= 15 is 0 Å². The topological polar surface area (TPSA) is 45.0 Å². The molecular formula is C17H17BrN2O. The summed E-state index contributed by atoms with van der Waals surface area (Å²) in [5, 5.41) is 12.0. The summed E-state index contributed by atoms with van der Waals surface area (Å²) in [6, 6.07) is 18.3. The molecule has 0 radical (unpaired) electrons. The van der Waals surface area contributed by atoms with Crippen molar-refractivity contribution in [1.82, 2.24) is 0 Å². The van der Waals surface area contributed by atoms with Crippen LogP contribution in [0.25, 0.3) is 0 Å². The zero-order valence-electron chi connectivity index (χ0n) is 11.8. The van der Waals surface area contributed by atoms with Crippen LogP contribution in [-0.4, -0.2) is 12.6 Å². The molecule has 2 aromatic carbocycles. The fourth-order valence-corrected chi connectivity index (χ4v) is 2.37. The van der Waals surface area contributed by atoms with E-state index in [9.17, 15) is 0 Å². The summed E-state index contributed by atoms with van der Waals surface area (Å²) in [6.45, 7) is 2.21. The van der Waals surface area contributed by atoms with Crippen molar-refractivity contribution in [3.05, 3.63) is 58.6 Å². The standard InChI is InChI=1S/C17H17BrN2O/c1-13(11-14-5-7-15(18)8-6-14)20-16-3-2-4-17(12-16)21-10-9-19/h2-8,12-13,20H,10-11H2,1H3. The van der Waals surface area contributed by atoms with Gasteiger partial charge in [0.1, 0.15) is 11.8 Å². The van der Waals surface area contributed by atoms with Crippen LogP contribution in [0.2, 0.25) is 0 Å². The van der Waals surface area contributed by atoms with Gasteiger partial charge in [0.25, 0.3) is 0 Å². The number of halogens is 1. The van der Waals surface area contributed by atoms with E-state index in [0.717, 1.165) is 16.6 Å². The first-order valence-electron chi connectivity index (χ1n) is 6.78. The fourth-order valence-electron chi connectivity index (χ4n) is 2.10. The van der Waals surface area contributed by atoms with Crippen molar-refractivity contribution in [2.45, 2.75) is 19.4 Å². The first kappa shape index (κ1) is 15.4. The number of nitriles is 1. The van der Waals surface area contributed by atoms with Gasteiger partial charge in [0, 0.05) is 22.3 Å². The van der Waals surface area contributed by atoms with Crippen LogP contribution < -0.4 is 10.1 Å². The van der Waals surface area contributed by atoms with Crippen LogP contribution in [0.15, 0.2) is 53.0 Å². The summed E-state index contributed by atoms with van der Waals surface area (Å²) in [7, 11) is 0. The van der Waals surface area contributed by atoms with Crippen LogP contribution in [0.4, 0.5) is 5.69 Å². The molecular weight excluding hydrogens is 328 g/mol. The van der Waals surface area contributed by atoms with Gasteiger partial charge in [-0.25, -0.2) is 0 Å². The van der Waals surface area contributed by atoms with E-state index in [0.29, 0.717) is 11.8 Å². The number of benzene rings is 2. The van der Waals surface area contributed by atoms with Crippen LogP contribution in [-0.2, 0) is 6.42 Å². The molecule has 0 saturated carbocycles. The molecule has 1 N–H and O–H groups in total. The summed E-state index contributed by atoms with van der Waals surface area (Å²) < 4.78 is 6.39. The van der Waals surface area contributed by atoms with E-state index in [1.54, 1.807) is 0 Å². The van der Waals surface area contributed by atoms with Gasteiger partial charge in [-0.15, -0.1) is 0 Å². The lowest BCUT2D eigenvalue weighted by atomic mass is 10.1. The Balaban J connectivity index is 1.94. The summed E-state index contributed by atoms with van der Waals surface area (Å²) in [6.07, 6.45) is 0.941. The van der Waals surface area contributed by atoms with Crippen molar-refractivity contribution < 1.29 is 4.74 Å². The first-order chi connectivity index (χ1) is 10.2. The zero-order chi connectivity index (χ0) is 15.1. The van der Waals surface area contributed by atoms with Gasteiger partial charge in [0.2, 0.25) is 0 Å². The molecule has 2 rings (SSSR count). The average Bonchev–Trinajstić information content (AvgIpc) is 2.48. The van der Waals surface area contributed by atoms with E-state index in [2.05, 4.69) is 52.4 Å². The SMILES string of the molecule is CC(Cc1ccc(Br)cc1)Nc1cccc(OCC#N)c1. The van der Waals surface area contributed by atoms with E-state index in [-0.39, 0.29) is 6.61 Å². The minimum Gasteiger partial charge on any atom is -0.479 e. The summed E-state index contributed by atoms with van der Waals surface area (Å²) >= 11 is 3.44. The number of hydrogen-bond acceptors (Lipinski definition) is 3. The number of hydrogen-bond donors (Lipinski definition) is 1. The maximum Gasteiger partial charge on any atom is 0.174 e. The van der Waals surface area contributed by atoms with E-state index in [4.69, 9.17) is 10.00 Å². The quantitative estimate of drug-likeness (QED) is 0.844. The van der Waals surface area contributed by atoms with Gasteiger partial charge in [-0.05, 0) is 43.2 Å². The second-order valence-electron chi connectivity index (χ2n) is 4.85. The largest absolute Gasteiger partial charge is 0.479 e. The molecule has 0 bridgehead atoms. The molecule has 21 heavy (non-hydrogen) atoms. The Morgan fingerprint density at radius 3 is 2.71 bits per heavy atom. The molecule has 0 fully saturated rings. The molecule has 0 aliphatic carbocycles. The number of nitrogens with zero attached hydrogens (tertiary/aromatic N) is 1. The highest BCUT2D eigenvalue weighted by Crippen LogP contribution is 2.19. The maximum atomic E-state index is 8.53.